The molecule has 1 aliphatic carbocycles. The van der Waals surface area contributed by atoms with Gasteiger partial charge >= 0.3 is 5.69 Å². The number of nitrogens with two attached hydrogens (primary N) is 2. The fraction of sp³-hybridized carbons (Fsp3) is 0.474. The Morgan fingerprint density at radius 1 is 1.32 bits per heavy atom. The highest BCUT2D eigenvalue weighted by molar-refractivity contribution is 6.31. The highest BCUT2D eigenvalue weighted by Crippen LogP contribution is 2.29. The van der Waals surface area contributed by atoms with Gasteiger partial charge in [0.2, 0.25) is 11.8 Å². The minimum Gasteiger partial charge on any atom is -0.378 e. The lowest BCUT2D eigenvalue weighted by Gasteiger charge is -2.32. The molecule has 8 nitrogen and oxygen atoms in total. The number of hydrogen-bond donors (Lipinski definition) is 2. The van der Waals surface area contributed by atoms with E-state index in [1.807, 2.05) is 30.0 Å². The molecule has 3 rings (SSSR count). The van der Waals surface area contributed by atoms with E-state index in [0.29, 0.717) is 23.4 Å². The molecule has 0 unspecified atom stereocenters. The molecule has 150 valence electrons. The summed E-state index contributed by atoms with van der Waals surface area (Å²) in [6.07, 6.45) is 5.24. The van der Waals surface area contributed by atoms with Gasteiger partial charge < -0.3 is 16.4 Å². The van der Waals surface area contributed by atoms with Crippen LogP contribution in [-0.2, 0) is 6.54 Å². The molecule has 9 heteroatoms. The number of rotatable bonds is 6. The number of aromatic nitrogens is 2. The van der Waals surface area contributed by atoms with Gasteiger partial charge in [0.25, 0.3) is 0 Å². The zero-order valence-electron chi connectivity index (χ0n) is 15.8. The first-order valence-electron chi connectivity index (χ1n) is 9.36. The first-order valence-corrected chi connectivity index (χ1v) is 9.74. The van der Waals surface area contributed by atoms with Gasteiger partial charge in [-0.3, -0.25) is 10.1 Å². The van der Waals surface area contributed by atoms with Crippen molar-refractivity contribution < 1.29 is 4.92 Å². The average molecular weight is 405 g/mol. The molecule has 0 bridgehead atoms. The van der Waals surface area contributed by atoms with Crippen LogP contribution in [0.3, 0.4) is 0 Å². The van der Waals surface area contributed by atoms with Crippen molar-refractivity contribution in [3.8, 4) is 0 Å². The molecule has 0 spiro atoms. The predicted octanol–water partition coefficient (Wildman–Crippen LogP) is 3.45. The molecule has 0 saturated heterocycles. The van der Waals surface area contributed by atoms with Gasteiger partial charge in [0.1, 0.15) is 6.20 Å². The number of anilines is 2. The molecular weight excluding hydrogens is 380 g/mol. The van der Waals surface area contributed by atoms with Gasteiger partial charge in [0.15, 0.2) is 0 Å². The number of nitrogens with zero attached hydrogens (tertiary/aromatic N) is 4. The zero-order valence-corrected chi connectivity index (χ0v) is 16.6. The van der Waals surface area contributed by atoms with E-state index in [1.54, 1.807) is 0 Å². The molecule has 1 heterocycles. The van der Waals surface area contributed by atoms with Crippen molar-refractivity contribution in [2.24, 2.45) is 11.7 Å². The Kier molecular flexibility index (Phi) is 6.31. The summed E-state index contributed by atoms with van der Waals surface area (Å²) in [6, 6.07) is 6.05. The maximum Gasteiger partial charge on any atom is 0.329 e. The SMILES string of the molecule is Cc1c(Cl)cccc1CN(C[C@H]1CC[C@H](N)CC1)c1ncc([N+](=O)[O-])c(N)n1. The molecule has 4 N–H and O–H groups in total. The maximum atomic E-state index is 11.0. The van der Waals surface area contributed by atoms with Gasteiger partial charge in [-0.2, -0.15) is 4.98 Å². The van der Waals surface area contributed by atoms with Gasteiger partial charge in [-0.25, -0.2) is 4.98 Å². The first-order chi connectivity index (χ1) is 13.3. The summed E-state index contributed by atoms with van der Waals surface area (Å²) in [6.45, 7) is 3.25. The van der Waals surface area contributed by atoms with Crippen LogP contribution in [0.5, 0.6) is 0 Å². The highest BCUT2D eigenvalue weighted by Gasteiger charge is 2.24. The molecule has 1 aromatic heterocycles. The minimum atomic E-state index is -0.576. The van der Waals surface area contributed by atoms with Crippen LogP contribution in [-0.4, -0.2) is 27.5 Å². The molecule has 1 fully saturated rings. The van der Waals surface area contributed by atoms with E-state index in [2.05, 4.69) is 9.97 Å². The van der Waals surface area contributed by atoms with Crippen molar-refractivity contribution in [1.82, 2.24) is 9.97 Å². The van der Waals surface area contributed by atoms with Crippen LogP contribution in [0.15, 0.2) is 24.4 Å². The van der Waals surface area contributed by atoms with Crippen molar-refractivity contribution in [2.45, 2.75) is 45.2 Å². The van der Waals surface area contributed by atoms with Gasteiger partial charge in [-0.05, 0) is 55.7 Å². The summed E-state index contributed by atoms with van der Waals surface area (Å²) >= 11 is 6.27. The third-order valence-electron chi connectivity index (χ3n) is 5.38. The summed E-state index contributed by atoms with van der Waals surface area (Å²) in [7, 11) is 0. The van der Waals surface area contributed by atoms with Crippen LogP contribution >= 0.6 is 11.6 Å². The summed E-state index contributed by atoms with van der Waals surface area (Å²) < 4.78 is 0. The molecule has 1 aromatic carbocycles. The lowest BCUT2D eigenvalue weighted by atomic mass is 9.86. The minimum absolute atomic E-state index is 0.131. The fourth-order valence-electron chi connectivity index (χ4n) is 3.60. The zero-order chi connectivity index (χ0) is 20.3. The first kappa shape index (κ1) is 20.3. The molecule has 0 atom stereocenters. The average Bonchev–Trinajstić information content (AvgIpc) is 2.66. The normalized spacial score (nSPS) is 19.4. The smallest absolute Gasteiger partial charge is 0.329 e. The molecule has 0 amide bonds. The van der Waals surface area contributed by atoms with E-state index in [4.69, 9.17) is 23.1 Å². The number of benzene rings is 1. The Hall–Kier alpha value is -2.45. The van der Waals surface area contributed by atoms with Crippen LogP contribution in [0.4, 0.5) is 17.5 Å². The van der Waals surface area contributed by atoms with Crippen LogP contribution in [0, 0.1) is 23.0 Å². The fourth-order valence-corrected chi connectivity index (χ4v) is 3.79. The van der Waals surface area contributed by atoms with Crippen LogP contribution in [0.25, 0.3) is 0 Å². The van der Waals surface area contributed by atoms with Crippen molar-refractivity contribution in [1.29, 1.82) is 0 Å². The molecule has 0 aliphatic heterocycles. The molecule has 2 aromatic rings. The van der Waals surface area contributed by atoms with E-state index in [-0.39, 0.29) is 17.5 Å². The van der Waals surface area contributed by atoms with Crippen molar-refractivity contribution in [3.05, 3.63) is 50.7 Å². The summed E-state index contributed by atoms with van der Waals surface area (Å²) in [4.78, 5) is 20.9. The van der Waals surface area contributed by atoms with Gasteiger partial charge in [0, 0.05) is 24.2 Å². The Bertz CT molecular complexity index is 854. The Balaban J connectivity index is 1.88. The number of hydrogen-bond acceptors (Lipinski definition) is 7. The Labute approximate surface area is 169 Å². The largest absolute Gasteiger partial charge is 0.378 e. The molecule has 28 heavy (non-hydrogen) atoms. The van der Waals surface area contributed by atoms with Gasteiger partial charge in [-0.1, -0.05) is 23.7 Å². The van der Waals surface area contributed by atoms with E-state index < -0.39 is 4.92 Å². The van der Waals surface area contributed by atoms with Crippen LogP contribution in [0.2, 0.25) is 5.02 Å². The van der Waals surface area contributed by atoms with Crippen LogP contribution < -0.4 is 16.4 Å². The Morgan fingerprint density at radius 3 is 2.68 bits per heavy atom. The topological polar surface area (TPSA) is 124 Å². The van der Waals surface area contributed by atoms with Gasteiger partial charge in [0.05, 0.1) is 4.92 Å². The Morgan fingerprint density at radius 2 is 2.04 bits per heavy atom. The lowest BCUT2D eigenvalue weighted by Crippen LogP contribution is -2.35. The van der Waals surface area contributed by atoms with E-state index in [9.17, 15) is 10.1 Å². The third kappa shape index (κ3) is 4.69. The quantitative estimate of drug-likeness (QED) is 0.557. The standard InChI is InChI=1S/C19H25ClN6O2/c1-12-14(3-2-4-16(12)20)11-25(10-13-5-7-15(21)8-6-13)19-23-9-17(26(27)28)18(22)24-19/h2-4,9,13,15H,5-8,10-11,21H2,1H3,(H2,22,23,24)/t13-,15-. The van der Waals surface area contributed by atoms with E-state index in [0.717, 1.165) is 43.4 Å². The van der Waals surface area contributed by atoms with Crippen molar-refractivity contribution in [2.75, 3.05) is 17.2 Å². The van der Waals surface area contributed by atoms with Gasteiger partial charge in [-0.15, -0.1) is 0 Å². The highest BCUT2D eigenvalue weighted by atomic mass is 35.5. The summed E-state index contributed by atoms with van der Waals surface area (Å²) in [5, 5.41) is 11.7. The maximum absolute atomic E-state index is 11.0. The third-order valence-corrected chi connectivity index (χ3v) is 5.79. The van der Waals surface area contributed by atoms with E-state index >= 15 is 0 Å². The second-order valence-corrected chi connectivity index (χ2v) is 7.79. The predicted molar refractivity (Wildman–Crippen MR) is 110 cm³/mol. The lowest BCUT2D eigenvalue weighted by molar-refractivity contribution is -0.384. The molecule has 1 saturated carbocycles. The molecule has 0 radical (unpaired) electrons. The van der Waals surface area contributed by atoms with Crippen molar-refractivity contribution >= 4 is 29.1 Å². The molecule has 1 aliphatic rings. The van der Waals surface area contributed by atoms with Crippen LogP contribution in [0.1, 0.15) is 36.8 Å². The summed E-state index contributed by atoms with van der Waals surface area (Å²) in [5.74, 6) is 0.713. The second kappa shape index (κ2) is 8.70. The number of halogens is 1. The monoisotopic (exact) mass is 404 g/mol. The second-order valence-electron chi connectivity index (χ2n) is 7.38. The van der Waals surface area contributed by atoms with E-state index in [1.165, 1.54) is 6.20 Å². The number of nitro groups is 1. The number of nitrogen functional groups attached to an aromatic ring is 1. The molecular formula is C19H25ClN6O2. The van der Waals surface area contributed by atoms with Crippen molar-refractivity contribution in [3.63, 3.8) is 0 Å². The summed E-state index contributed by atoms with van der Waals surface area (Å²) in [5.41, 5.74) is 13.6.